The van der Waals surface area contributed by atoms with Crippen molar-refractivity contribution < 1.29 is 8.42 Å². The molecule has 2 heterocycles. The summed E-state index contributed by atoms with van der Waals surface area (Å²) < 4.78 is 26.5. The lowest BCUT2D eigenvalue weighted by Crippen LogP contribution is -2.45. The number of nitrogens with one attached hydrogen (secondary N) is 1. The lowest BCUT2D eigenvalue weighted by molar-refractivity contribution is 0.197. The minimum absolute atomic E-state index is 0.189. The van der Waals surface area contributed by atoms with Gasteiger partial charge in [-0.25, -0.2) is 12.7 Å². The third-order valence-corrected chi connectivity index (χ3v) is 7.11. The van der Waals surface area contributed by atoms with Gasteiger partial charge in [0, 0.05) is 13.1 Å². The molecule has 22 heavy (non-hydrogen) atoms. The molecule has 0 aromatic rings. The van der Waals surface area contributed by atoms with Crippen LogP contribution in [0.3, 0.4) is 0 Å². The van der Waals surface area contributed by atoms with Gasteiger partial charge in [0.15, 0.2) is 0 Å². The van der Waals surface area contributed by atoms with E-state index in [0.29, 0.717) is 5.92 Å². The van der Waals surface area contributed by atoms with E-state index >= 15 is 0 Å². The van der Waals surface area contributed by atoms with Crippen LogP contribution in [-0.4, -0.2) is 69.7 Å². The van der Waals surface area contributed by atoms with Crippen LogP contribution < -0.4 is 5.32 Å². The minimum atomic E-state index is -3.10. The SMILES string of the molecule is CN1CCC(N(C)S(=O)(=O)CCC[CH]C2CCNCC2)CC1. The molecule has 0 saturated carbocycles. The van der Waals surface area contributed by atoms with E-state index in [1.54, 1.807) is 11.4 Å². The van der Waals surface area contributed by atoms with Gasteiger partial charge in [-0.2, -0.15) is 0 Å². The molecule has 1 N–H and O–H groups in total. The number of hydrogen-bond acceptors (Lipinski definition) is 4. The first kappa shape index (κ1) is 18.2. The summed E-state index contributed by atoms with van der Waals surface area (Å²) in [5, 5.41) is 3.36. The summed E-state index contributed by atoms with van der Waals surface area (Å²) >= 11 is 0. The molecule has 129 valence electrons. The minimum Gasteiger partial charge on any atom is -0.317 e. The normalized spacial score (nSPS) is 23.2. The molecular formula is C16H32N3O2S. The topological polar surface area (TPSA) is 52.7 Å². The van der Waals surface area contributed by atoms with Gasteiger partial charge < -0.3 is 10.2 Å². The third kappa shape index (κ3) is 5.48. The van der Waals surface area contributed by atoms with E-state index in [1.165, 1.54) is 12.8 Å². The van der Waals surface area contributed by atoms with Gasteiger partial charge in [-0.05, 0) is 84.1 Å². The Balaban J connectivity index is 1.68. The first-order chi connectivity index (χ1) is 10.5. The van der Waals surface area contributed by atoms with Gasteiger partial charge in [-0.15, -0.1) is 0 Å². The van der Waals surface area contributed by atoms with E-state index in [2.05, 4.69) is 23.7 Å². The Morgan fingerprint density at radius 1 is 1.18 bits per heavy atom. The van der Waals surface area contributed by atoms with Crippen molar-refractivity contribution in [1.82, 2.24) is 14.5 Å². The van der Waals surface area contributed by atoms with E-state index < -0.39 is 10.0 Å². The molecule has 0 atom stereocenters. The molecule has 0 unspecified atom stereocenters. The average molecular weight is 331 g/mol. The van der Waals surface area contributed by atoms with Gasteiger partial charge in [-0.3, -0.25) is 0 Å². The van der Waals surface area contributed by atoms with Crippen molar-refractivity contribution in [3.8, 4) is 0 Å². The second kappa shape index (κ2) is 8.62. The predicted octanol–water partition coefficient (Wildman–Crippen LogP) is 1.33. The van der Waals surface area contributed by atoms with E-state index in [4.69, 9.17) is 0 Å². The first-order valence-electron chi connectivity index (χ1n) is 8.67. The largest absolute Gasteiger partial charge is 0.317 e. The van der Waals surface area contributed by atoms with Gasteiger partial charge in [0.25, 0.3) is 0 Å². The van der Waals surface area contributed by atoms with Crippen LogP contribution >= 0.6 is 0 Å². The first-order valence-corrected chi connectivity index (χ1v) is 10.3. The van der Waals surface area contributed by atoms with Crippen molar-refractivity contribution in [2.75, 3.05) is 46.0 Å². The molecule has 0 spiro atoms. The molecule has 2 aliphatic heterocycles. The molecule has 2 fully saturated rings. The number of piperidine rings is 2. The molecule has 6 heteroatoms. The summed E-state index contributed by atoms with van der Waals surface area (Å²) in [5.41, 5.74) is 0. The second-order valence-electron chi connectivity index (χ2n) is 6.83. The van der Waals surface area contributed by atoms with Crippen LogP contribution in [-0.2, 0) is 10.0 Å². The fraction of sp³-hybridized carbons (Fsp3) is 0.938. The van der Waals surface area contributed by atoms with Crippen molar-refractivity contribution in [3.63, 3.8) is 0 Å². The van der Waals surface area contributed by atoms with Gasteiger partial charge in [-0.1, -0.05) is 0 Å². The average Bonchev–Trinajstić information content (AvgIpc) is 2.53. The lowest BCUT2D eigenvalue weighted by atomic mass is 9.93. The van der Waals surface area contributed by atoms with Gasteiger partial charge in [0.05, 0.1) is 5.75 Å². The van der Waals surface area contributed by atoms with Gasteiger partial charge >= 0.3 is 0 Å². The van der Waals surface area contributed by atoms with Crippen LogP contribution in [0.5, 0.6) is 0 Å². The Bertz CT molecular complexity index is 413. The molecule has 2 rings (SSSR count). The molecule has 0 amide bonds. The summed E-state index contributed by atoms with van der Waals surface area (Å²) in [7, 11) is 0.766. The van der Waals surface area contributed by atoms with Gasteiger partial charge in [0.1, 0.15) is 0 Å². The van der Waals surface area contributed by atoms with Crippen LogP contribution in [0, 0.1) is 12.3 Å². The maximum atomic E-state index is 12.5. The van der Waals surface area contributed by atoms with Crippen LogP contribution in [0.1, 0.15) is 38.5 Å². The molecule has 0 aromatic carbocycles. The maximum Gasteiger partial charge on any atom is 0.214 e. The quantitative estimate of drug-likeness (QED) is 0.716. The molecule has 0 bridgehead atoms. The highest BCUT2D eigenvalue weighted by Crippen LogP contribution is 2.20. The predicted molar refractivity (Wildman–Crippen MR) is 91.2 cm³/mol. The summed E-state index contributed by atoms with van der Waals surface area (Å²) in [6.07, 6.45) is 8.31. The smallest absolute Gasteiger partial charge is 0.214 e. The van der Waals surface area contributed by atoms with Crippen molar-refractivity contribution >= 4 is 10.0 Å². The fourth-order valence-electron chi connectivity index (χ4n) is 3.43. The van der Waals surface area contributed by atoms with Gasteiger partial charge in [0.2, 0.25) is 10.0 Å². The summed E-state index contributed by atoms with van der Waals surface area (Å²) in [6, 6.07) is 0.189. The fourth-order valence-corrected chi connectivity index (χ4v) is 4.91. The van der Waals surface area contributed by atoms with E-state index in [9.17, 15) is 8.42 Å². The molecule has 2 aliphatic rings. The summed E-state index contributed by atoms with van der Waals surface area (Å²) in [4.78, 5) is 2.27. The van der Waals surface area contributed by atoms with E-state index in [-0.39, 0.29) is 11.8 Å². The zero-order valence-electron chi connectivity index (χ0n) is 14.1. The summed E-state index contributed by atoms with van der Waals surface area (Å²) in [5.74, 6) is 0.965. The van der Waals surface area contributed by atoms with Crippen LogP contribution in [0.25, 0.3) is 0 Å². The number of unbranched alkanes of at least 4 members (excludes halogenated alkanes) is 1. The third-order valence-electron chi connectivity index (χ3n) is 5.13. The Hall–Kier alpha value is -0.170. The lowest BCUT2D eigenvalue weighted by Gasteiger charge is -2.34. The molecule has 5 nitrogen and oxygen atoms in total. The molecule has 2 saturated heterocycles. The monoisotopic (exact) mass is 330 g/mol. The van der Waals surface area contributed by atoms with E-state index in [0.717, 1.165) is 51.9 Å². The zero-order valence-corrected chi connectivity index (χ0v) is 14.9. The Kier molecular flexibility index (Phi) is 7.12. The number of rotatable bonds is 7. The number of sulfonamides is 1. The molecule has 0 aromatic heterocycles. The highest BCUT2D eigenvalue weighted by molar-refractivity contribution is 7.89. The van der Waals surface area contributed by atoms with Crippen molar-refractivity contribution in [3.05, 3.63) is 6.42 Å². The highest BCUT2D eigenvalue weighted by atomic mass is 32.2. The van der Waals surface area contributed by atoms with Crippen LogP contribution in [0.4, 0.5) is 0 Å². The molecule has 1 radical (unpaired) electrons. The van der Waals surface area contributed by atoms with Crippen molar-refractivity contribution in [2.45, 2.75) is 44.6 Å². The standard InChI is InChI=1S/C16H32N3O2S/c1-18-12-8-16(9-13-18)19(2)22(20,21)14-4-3-5-15-6-10-17-11-7-15/h5,15-17H,3-4,6-14H2,1-2H3. The number of nitrogens with zero attached hydrogens (tertiary/aromatic N) is 2. The second-order valence-corrected chi connectivity index (χ2v) is 8.98. The Morgan fingerprint density at radius 2 is 1.82 bits per heavy atom. The zero-order chi connectivity index (χ0) is 16.0. The van der Waals surface area contributed by atoms with Crippen LogP contribution in [0.2, 0.25) is 0 Å². The number of likely N-dealkylation sites (tertiary alicyclic amines) is 1. The van der Waals surface area contributed by atoms with Crippen molar-refractivity contribution in [2.24, 2.45) is 5.92 Å². The molecule has 0 aliphatic carbocycles. The van der Waals surface area contributed by atoms with E-state index in [1.807, 2.05) is 0 Å². The van der Waals surface area contributed by atoms with Crippen LogP contribution in [0.15, 0.2) is 0 Å². The summed E-state index contributed by atoms with van der Waals surface area (Å²) in [6.45, 7) is 4.18. The highest BCUT2D eigenvalue weighted by Gasteiger charge is 2.28. The maximum absolute atomic E-state index is 12.5. The Morgan fingerprint density at radius 3 is 2.45 bits per heavy atom. The number of hydrogen-bond donors (Lipinski definition) is 1. The Labute approximate surface area is 136 Å². The van der Waals surface area contributed by atoms with Crippen molar-refractivity contribution in [1.29, 1.82) is 0 Å². The molecular weight excluding hydrogens is 298 g/mol.